The second-order valence-electron chi connectivity index (χ2n) is 4.10. The van der Waals surface area contributed by atoms with Gasteiger partial charge in [-0.05, 0) is 12.1 Å². The summed E-state index contributed by atoms with van der Waals surface area (Å²) in [6.45, 7) is 1.33. The van der Waals surface area contributed by atoms with Crippen LogP contribution < -0.4 is 5.73 Å². The van der Waals surface area contributed by atoms with Gasteiger partial charge in [-0.3, -0.25) is 4.79 Å². The van der Waals surface area contributed by atoms with Crippen molar-refractivity contribution < 1.29 is 4.79 Å². The van der Waals surface area contributed by atoms with Crippen LogP contribution in [0.1, 0.15) is 6.92 Å². The number of nitrogens with two attached hydrogens (primary N) is 1. The minimum Gasteiger partial charge on any atom is -0.401 e. The molecule has 7 nitrogen and oxygen atoms in total. The van der Waals surface area contributed by atoms with Gasteiger partial charge in [-0.15, -0.1) is 10.2 Å². The SMILES string of the molecule is C/C(N)=C(\C#N)C(=O)Cn1nnc(-c2ccccc2)n1. The molecule has 0 aliphatic heterocycles. The van der Waals surface area contributed by atoms with Crippen molar-refractivity contribution in [1.29, 1.82) is 5.26 Å². The number of hydrogen-bond donors (Lipinski definition) is 1. The van der Waals surface area contributed by atoms with Gasteiger partial charge in [0.1, 0.15) is 18.2 Å². The smallest absolute Gasteiger partial charge is 0.204 e. The number of Topliss-reactive ketones (excluding diaryl/α,β-unsaturated/α-hetero) is 1. The first-order chi connectivity index (χ1) is 9.61. The zero-order valence-corrected chi connectivity index (χ0v) is 10.8. The summed E-state index contributed by atoms with van der Waals surface area (Å²) in [6.07, 6.45) is 0. The fourth-order valence-electron chi connectivity index (χ4n) is 1.59. The number of ketones is 1. The van der Waals surface area contributed by atoms with E-state index >= 15 is 0 Å². The van der Waals surface area contributed by atoms with Crippen LogP contribution in [0.15, 0.2) is 41.6 Å². The Morgan fingerprint density at radius 1 is 1.40 bits per heavy atom. The highest BCUT2D eigenvalue weighted by Crippen LogP contribution is 2.12. The molecule has 0 aliphatic rings. The molecule has 20 heavy (non-hydrogen) atoms. The van der Waals surface area contributed by atoms with E-state index in [-0.39, 0.29) is 17.8 Å². The topological polar surface area (TPSA) is 110 Å². The molecule has 100 valence electrons. The number of tetrazole rings is 1. The molecule has 0 radical (unpaired) electrons. The van der Waals surface area contributed by atoms with Crippen molar-refractivity contribution in [2.75, 3.05) is 0 Å². The molecule has 0 amide bonds. The molecule has 2 aromatic rings. The summed E-state index contributed by atoms with van der Waals surface area (Å²) in [6, 6.07) is 11.1. The normalized spacial score (nSPS) is 11.6. The number of nitriles is 1. The van der Waals surface area contributed by atoms with Crippen molar-refractivity contribution in [2.45, 2.75) is 13.5 Å². The molecule has 1 aromatic carbocycles. The lowest BCUT2D eigenvalue weighted by molar-refractivity contribution is -0.116. The Morgan fingerprint density at radius 3 is 2.70 bits per heavy atom. The van der Waals surface area contributed by atoms with Gasteiger partial charge in [-0.1, -0.05) is 30.3 Å². The van der Waals surface area contributed by atoms with E-state index in [0.717, 1.165) is 10.4 Å². The van der Waals surface area contributed by atoms with E-state index in [4.69, 9.17) is 11.0 Å². The largest absolute Gasteiger partial charge is 0.401 e. The van der Waals surface area contributed by atoms with Crippen molar-refractivity contribution in [3.8, 4) is 17.5 Å². The van der Waals surface area contributed by atoms with Crippen molar-refractivity contribution in [3.05, 3.63) is 41.6 Å². The van der Waals surface area contributed by atoms with Crippen molar-refractivity contribution in [3.63, 3.8) is 0 Å². The molecule has 0 bridgehead atoms. The first-order valence-corrected chi connectivity index (χ1v) is 5.84. The summed E-state index contributed by atoms with van der Waals surface area (Å²) in [7, 11) is 0. The van der Waals surface area contributed by atoms with Gasteiger partial charge in [0.05, 0.1) is 0 Å². The van der Waals surface area contributed by atoms with Crippen LogP contribution in [0.3, 0.4) is 0 Å². The average Bonchev–Trinajstić information content (AvgIpc) is 2.88. The van der Waals surface area contributed by atoms with Gasteiger partial charge < -0.3 is 5.73 Å². The number of carbonyl (C=O) groups excluding carboxylic acids is 1. The minimum atomic E-state index is -0.440. The predicted octanol–water partition coefficient (Wildman–Crippen LogP) is 0.665. The number of allylic oxidation sites excluding steroid dienone is 2. The van der Waals surface area contributed by atoms with Crippen LogP contribution in [0.4, 0.5) is 0 Å². The molecule has 0 spiro atoms. The molecule has 1 aromatic heterocycles. The highest BCUT2D eigenvalue weighted by atomic mass is 16.1. The van der Waals surface area contributed by atoms with E-state index in [0.29, 0.717) is 5.82 Å². The number of hydrogen-bond acceptors (Lipinski definition) is 6. The molecular formula is C13H12N6O. The Balaban J connectivity index is 2.18. The second-order valence-corrected chi connectivity index (χ2v) is 4.10. The van der Waals surface area contributed by atoms with Crippen LogP contribution in [-0.2, 0) is 11.3 Å². The number of rotatable bonds is 4. The van der Waals surface area contributed by atoms with Crippen molar-refractivity contribution in [2.24, 2.45) is 5.73 Å². The van der Waals surface area contributed by atoms with Crippen LogP contribution in [-0.4, -0.2) is 26.0 Å². The third-order valence-corrected chi connectivity index (χ3v) is 2.55. The van der Waals surface area contributed by atoms with E-state index in [1.165, 1.54) is 6.92 Å². The first kappa shape index (κ1) is 13.4. The first-order valence-electron chi connectivity index (χ1n) is 5.84. The number of benzene rings is 1. The van der Waals surface area contributed by atoms with Gasteiger partial charge in [0.2, 0.25) is 5.82 Å². The quantitative estimate of drug-likeness (QED) is 0.644. The highest BCUT2D eigenvalue weighted by Gasteiger charge is 2.14. The van der Waals surface area contributed by atoms with E-state index in [1.807, 2.05) is 30.3 Å². The fourth-order valence-corrected chi connectivity index (χ4v) is 1.59. The standard InChI is InChI=1S/C13H12N6O/c1-9(15)11(7-14)12(20)8-19-17-13(16-18-19)10-5-3-2-4-6-10/h2-6H,8,15H2,1H3/b11-9-. The van der Waals surface area contributed by atoms with Gasteiger partial charge in [-0.25, -0.2) is 0 Å². The molecule has 0 saturated heterocycles. The molecule has 0 saturated carbocycles. The van der Waals surface area contributed by atoms with Gasteiger partial charge in [0.15, 0.2) is 5.78 Å². The summed E-state index contributed by atoms with van der Waals surface area (Å²) in [4.78, 5) is 13.0. The van der Waals surface area contributed by atoms with Crippen LogP contribution in [0.2, 0.25) is 0 Å². The Bertz CT molecular complexity index is 691. The van der Waals surface area contributed by atoms with E-state index in [9.17, 15) is 4.79 Å². The maximum absolute atomic E-state index is 11.8. The van der Waals surface area contributed by atoms with E-state index in [1.54, 1.807) is 6.07 Å². The zero-order chi connectivity index (χ0) is 14.5. The van der Waals surface area contributed by atoms with Crippen LogP contribution in [0.25, 0.3) is 11.4 Å². The van der Waals surface area contributed by atoms with Crippen LogP contribution in [0, 0.1) is 11.3 Å². The van der Waals surface area contributed by atoms with Gasteiger partial charge >= 0.3 is 0 Å². The van der Waals surface area contributed by atoms with E-state index in [2.05, 4.69) is 15.4 Å². The molecule has 2 rings (SSSR count). The monoisotopic (exact) mass is 268 g/mol. The van der Waals surface area contributed by atoms with Gasteiger partial charge in [0, 0.05) is 11.3 Å². The maximum atomic E-state index is 11.8. The summed E-state index contributed by atoms with van der Waals surface area (Å²) < 4.78 is 0. The molecule has 0 unspecified atom stereocenters. The second kappa shape index (κ2) is 5.75. The maximum Gasteiger partial charge on any atom is 0.204 e. The molecular weight excluding hydrogens is 256 g/mol. The Kier molecular flexibility index (Phi) is 3.86. The Labute approximate surface area is 115 Å². The molecule has 1 heterocycles. The van der Waals surface area contributed by atoms with Crippen molar-refractivity contribution in [1.82, 2.24) is 20.2 Å². The van der Waals surface area contributed by atoms with Gasteiger partial charge in [-0.2, -0.15) is 10.1 Å². The summed E-state index contributed by atoms with van der Waals surface area (Å²) in [5.74, 6) is -0.0186. The van der Waals surface area contributed by atoms with Gasteiger partial charge in [0.25, 0.3) is 0 Å². The molecule has 7 heteroatoms. The van der Waals surface area contributed by atoms with Crippen LogP contribution in [0.5, 0.6) is 0 Å². The predicted molar refractivity (Wildman–Crippen MR) is 70.8 cm³/mol. The lowest BCUT2D eigenvalue weighted by atomic mass is 10.1. The number of aromatic nitrogens is 4. The summed E-state index contributed by atoms with van der Waals surface area (Å²) in [5.41, 5.74) is 6.37. The van der Waals surface area contributed by atoms with E-state index < -0.39 is 5.78 Å². The third-order valence-electron chi connectivity index (χ3n) is 2.55. The Hall–Kier alpha value is -3.01. The van der Waals surface area contributed by atoms with Crippen LogP contribution >= 0.6 is 0 Å². The lowest BCUT2D eigenvalue weighted by Gasteiger charge is -1.99. The molecule has 0 aliphatic carbocycles. The minimum absolute atomic E-state index is 0.0800. The molecule has 0 atom stereocenters. The third kappa shape index (κ3) is 2.87. The fraction of sp³-hybridized carbons (Fsp3) is 0.154. The molecule has 2 N–H and O–H groups in total. The lowest BCUT2D eigenvalue weighted by Crippen LogP contribution is -2.17. The average molecular weight is 268 g/mol. The summed E-state index contributed by atoms with van der Waals surface area (Å²) in [5, 5.41) is 20.6. The van der Waals surface area contributed by atoms with Crippen molar-refractivity contribution >= 4 is 5.78 Å². The summed E-state index contributed by atoms with van der Waals surface area (Å²) >= 11 is 0. The highest BCUT2D eigenvalue weighted by molar-refractivity contribution is 5.99. The Morgan fingerprint density at radius 2 is 2.10 bits per heavy atom. The number of nitrogens with zero attached hydrogens (tertiary/aromatic N) is 5. The molecule has 0 fully saturated rings. The zero-order valence-electron chi connectivity index (χ0n) is 10.8. The number of carbonyl (C=O) groups is 1.